The maximum Gasteiger partial charge on any atom is 0.152 e. The highest BCUT2D eigenvalue weighted by Crippen LogP contribution is 2.00. The molecule has 0 aromatic carbocycles. The molecule has 0 amide bonds. The van der Waals surface area contributed by atoms with E-state index >= 15 is 0 Å². The van der Waals surface area contributed by atoms with Gasteiger partial charge in [0.2, 0.25) is 0 Å². The van der Waals surface area contributed by atoms with Crippen molar-refractivity contribution in [1.82, 2.24) is 4.90 Å². The van der Waals surface area contributed by atoms with E-state index in [-0.39, 0.29) is 11.5 Å². The van der Waals surface area contributed by atoms with Crippen molar-refractivity contribution in [2.45, 2.75) is 0 Å². The molecule has 1 saturated heterocycles. The second kappa shape index (κ2) is 2.86. The highest BCUT2D eigenvalue weighted by Gasteiger charge is 2.19. The third kappa shape index (κ3) is 1.93. The molecule has 10 heavy (non-hydrogen) atoms. The van der Waals surface area contributed by atoms with Crippen molar-refractivity contribution < 1.29 is 8.42 Å². The van der Waals surface area contributed by atoms with Crippen LogP contribution in [0, 0.1) is 0 Å². The van der Waals surface area contributed by atoms with Gasteiger partial charge in [-0.05, 0) is 0 Å². The summed E-state index contributed by atoms with van der Waals surface area (Å²) in [5.41, 5.74) is 5.32. The number of hydrogen-bond acceptors (Lipinski definition) is 4. The fourth-order valence-corrected chi connectivity index (χ4v) is 2.21. The molecular weight excluding hydrogens is 152 g/mol. The molecule has 60 valence electrons. The number of nitrogens with zero attached hydrogens (tertiary/aromatic N) is 1. The zero-order valence-corrected chi connectivity index (χ0v) is 6.60. The highest BCUT2D eigenvalue weighted by atomic mass is 32.2. The van der Waals surface area contributed by atoms with Crippen LogP contribution in [-0.2, 0) is 9.84 Å². The molecule has 0 bridgehead atoms. The van der Waals surface area contributed by atoms with Crippen LogP contribution < -0.4 is 5.73 Å². The van der Waals surface area contributed by atoms with Gasteiger partial charge in [0.1, 0.15) is 0 Å². The molecule has 0 spiro atoms. The second-order valence-corrected chi connectivity index (χ2v) is 4.76. The summed E-state index contributed by atoms with van der Waals surface area (Å²) in [5, 5.41) is 0. The minimum Gasteiger partial charge on any atom is -0.318 e. The maximum atomic E-state index is 10.8. The Balaban J connectivity index is 2.46. The largest absolute Gasteiger partial charge is 0.318 e. The Bertz CT molecular complexity index is 186. The molecule has 4 nitrogen and oxygen atoms in total. The van der Waals surface area contributed by atoms with E-state index in [1.165, 1.54) is 0 Å². The summed E-state index contributed by atoms with van der Waals surface area (Å²) >= 11 is 0. The Kier molecular flexibility index (Phi) is 2.28. The Morgan fingerprint density at radius 2 is 1.80 bits per heavy atom. The zero-order chi connectivity index (χ0) is 7.61. The predicted molar refractivity (Wildman–Crippen MR) is 39.3 cm³/mol. The van der Waals surface area contributed by atoms with Crippen LogP contribution in [0.2, 0.25) is 0 Å². The van der Waals surface area contributed by atoms with E-state index in [1.54, 1.807) is 0 Å². The molecule has 1 rings (SSSR count). The van der Waals surface area contributed by atoms with Crippen molar-refractivity contribution in [3.8, 4) is 0 Å². The van der Waals surface area contributed by atoms with Gasteiger partial charge in [-0.3, -0.25) is 4.90 Å². The van der Waals surface area contributed by atoms with E-state index in [1.807, 2.05) is 4.90 Å². The minimum absolute atomic E-state index is 0.268. The SMILES string of the molecule is NCN1CCS(=O)(=O)CC1. The molecule has 0 saturated carbocycles. The fraction of sp³-hybridized carbons (Fsp3) is 1.00. The van der Waals surface area contributed by atoms with Crippen LogP contribution in [0.4, 0.5) is 0 Å². The standard InChI is InChI=1S/C5H12N2O2S/c6-5-7-1-3-10(8,9)4-2-7/h1-6H2. The summed E-state index contributed by atoms with van der Waals surface area (Å²) in [6.07, 6.45) is 0. The molecule has 2 N–H and O–H groups in total. The summed E-state index contributed by atoms with van der Waals surface area (Å²) in [6.45, 7) is 1.66. The molecule has 1 aliphatic heterocycles. The first-order chi connectivity index (χ1) is 4.64. The van der Waals surface area contributed by atoms with Crippen LogP contribution in [0.25, 0.3) is 0 Å². The first kappa shape index (κ1) is 7.97. The summed E-state index contributed by atoms with van der Waals surface area (Å²) < 4.78 is 21.7. The smallest absolute Gasteiger partial charge is 0.152 e. The first-order valence-electron chi connectivity index (χ1n) is 3.27. The summed E-state index contributed by atoms with van der Waals surface area (Å²) in [7, 11) is -2.72. The van der Waals surface area contributed by atoms with Gasteiger partial charge in [0.25, 0.3) is 0 Å². The van der Waals surface area contributed by atoms with E-state index in [0.717, 1.165) is 0 Å². The predicted octanol–water partition coefficient (Wildman–Crippen LogP) is -1.37. The van der Waals surface area contributed by atoms with Gasteiger partial charge in [-0.25, -0.2) is 8.42 Å². The van der Waals surface area contributed by atoms with E-state index < -0.39 is 9.84 Å². The van der Waals surface area contributed by atoms with Gasteiger partial charge in [-0.2, -0.15) is 0 Å². The molecule has 0 radical (unpaired) electrons. The van der Waals surface area contributed by atoms with Crippen molar-refractivity contribution in [3.05, 3.63) is 0 Å². The van der Waals surface area contributed by atoms with Crippen molar-refractivity contribution in [2.24, 2.45) is 5.73 Å². The van der Waals surface area contributed by atoms with Crippen LogP contribution in [0.15, 0.2) is 0 Å². The van der Waals surface area contributed by atoms with Crippen molar-refractivity contribution in [1.29, 1.82) is 0 Å². The Morgan fingerprint density at radius 3 is 2.20 bits per heavy atom. The quantitative estimate of drug-likeness (QED) is 0.519. The molecule has 0 aromatic rings. The maximum absolute atomic E-state index is 10.8. The lowest BCUT2D eigenvalue weighted by atomic mass is 10.5. The first-order valence-corrected chi connectivity index (χ1v) is 5.09. The third-order valence-corrected chi connectivity index (χ3v) is 3.30. The summed E-state index contributed by atoms with van der Waals surface area (Å²) in [4.78, 5) is 1.93. The Hall–Kier alpha value is -0.130. The van der Waals surface area contributed by atoms with Gasteiger partial charge in [0.15, 0.2) is 9.84 Å². The number of nitrogens with two attached hydrogens (primary N) is 1. The molecule has 0 unspecified atom stereocenters. The normalized spacial score (nSPS) is 26.5. The van der Waals surface area contributed by atoms with Crippen LogP contribution in [0.1, 0.15) is 0 Å². The number of hydrogen-bond donors (Lipinski definition) is 1. The lowest BCUT2D eigenvalue weighted by Gasteiger charge is -2.24. The molecule has 1 aliphatic rings. The van der Waals surface area contributed by atoms with E-state index in [4.69, 9.17) is 5.73 Å². The van der Waals surface area contributed by atoms with Gasteiger partial charge in [-0.1, -0.05) is 0 Å². The van der Waals surface area contributed by atoms with Gasteiger partial charge >= 0.3 is 0 Å². The lowest BCUT2D eigenvalue weighted by molar-refractivity contribution is 0.304. The zero-order valence-electron chi connectivity index (χ0n) is 5.78. The molecule has 0 aliphatic carbocycles. The molecule has 1 fully saturated rings. The van der Waals surface area contributed by atoms with Gasteiger partial charge in [0, 0.05) is 19.8 Å². The average Bonchev–Trinajstić information content (AvgIpc) is 1.88. The van der Waals surface area contributed by atoms with Crippen LogP contribution in [0.3, 0.4) is 0 Å². The fourth-order valence-electron chi connectivity index (χ4n) is 0.933. The molecule has 0 aromatic heterocycles. The average molecular weight is 164 g/mol. The molecule has 0 atom stereocenters. The van der Waals surface area contributed by atoms with E-state index in [2.05, 4.69) is 0 Å². The summed E-state index contributed by atoms with van der Waals surface area (Å²) in [6, 6.07) is 0. The van der Waals surface area contributed by atoms with Crippen LogP contribution >= 0.6 is 0 Å². The molecule has 1 heterocycles. The van der Waals surface area contributed by atoms with Crippen molar-refractivity contribution in [3.63, 3.8) is 0 Å². The monoisotopic (exact) mass is 164 g/mol. The van der Waals surface area contributed by atoms with Crippen molar-refractivity contribution >= 4 is 9.84 Å². The van der Waals surface area contributed by atoms with Crippen LogP contribution in [-0.4, -0.2) is 44.6 Å². The second-order valence-electron chi connectivity index (χ2n) is 2.45. The number of rotatable bonds is 1. The highest BCUT2D eigenvalue weighted by molar-refractivity contribution is 7.91. The topological polar surface area (TPSA) is 63.4 Å². The van der Waals surface area contributed by atoms with Gasteiger partial charge in [-0.15, -0.1) is 0 Å². The van der Waals surface area contributed by atoms with Crippen molar-refractivity contribution in [2.75, 3.05) is 31.3 Å². The lowest BCUT2D eigenvalue weighted by Crippen LogP contribution is -2.42. The van der Waals surface area contributed by atoms with E-state index in [0.29, 0.717) is 19.8 Å². The summed E-state index contributed by atoms with van der Waals surface area (Å²) in [5.74, 6) is 0.536. The third-order valence-electron chi connectivity index (χ3n) is 1.70. The Labute approximate surface area is 60.9 Å². The molecular formula is C5H12N2O2S. The van der Waals surface area contributed by atoms with Gasteiger partial charge < -0.3 is 5.73 Å². The Morgan fingerprint density at radius 1 is 1.30 bits per heavy atom. The number of sulfone groups is 1. The van der Waals surface area contributed by atoms with Gasteiger partial charge in [0.05, 0.1) is 11.5 Å². The molecule has 5 heteroatoms. The minimum atomic E-state index is -2.72. The van der Waals surface area contributed by atoms with E-state index in [9.17, 15) is 8.42 Å². The van der Waals surface area contributed by atoms with Crippen LogP contribution in [0.5, 0.6) is 0 Å².